The normalized spacial score (nSPS) is 18.9. The molecule has 33 heavy (non-hydrogen) atoms. The van der Waals surface area contributed by atoms with Gasteiger partial charge >= 0.3 is 6.03 Å². The Hall–Kier alpha value is -2.64. The third-order valence-corrected chi connectivity index (χ3v) is 7.56. The summed E-state index contributed by atoms with van der Waals surface area (Å²) in [6.07, 6.45) is 6.03. The zero-order valence-electron chi connectivity index (χ0n) is 19.5. The highest BCUT2D eigenvalue weighted by molar-refractivity contribution is 5.75. The number of anilines is 2. The number of aromatic nitrogens is 2. The third-order valence-electron chi connectivity index (χ3n) is 7.56. The topological polar surface area (TPSA) is 53.4 Å². The van der Waals surface area contributed by atoms with Crippen molar-refractivity contribution in [2.75, 3.05) is 25.0 Å². The van der Waals surface area contributed by atoms with Crippen molar-refractivity contribution < 1.29 is 13.6 Å². The third kappa shape index (κ3) is 3.97. The van der Waals surface area contributed by atoms with Gasteiger partial charge in [0, 0.05) is 49.1 Å². The molecule has 2 amide bonds. The minimum atomic E-state index is -2.50. The molecule has 2 aromatic rings. The van der Waals surface area contributed by atoms with Crippen molar-refractivity contribution in [2.24, 2.45) is 0 Å². The number of carbonyl (C=O) groups is 1. The highest BCUT2D eigenvalue weighted by Gasteiger charge is 2.34. The molecule has 2 aliphatic heterocycles. The van der Waals surface area contributed by atoms with Crippen LogP contribution in [-0.2, 0) is 19.4 Å². The SMILES string of the molecule is CNC(=O)N1CCc2c(c(N3CCCc4cc(C)c(C(F)F)cc43)nn2C2CCCCC2)C1. The quantitative estimate of drug-likeness (QED) is 0.670. The van der Waals surface area contributed by atoms with Crippen LogP contribution < -0.4 is 10.2 Å². The zero-order chi connectivity index (χ0) is 23.1. The lowest BCUT2D eigenvalue weighted by molar-refractivity contribution is 0.150. The van der Waals surface area contributed by atoms with Crippen LogP contribution in [0.1, 0.15) is 78.9 Å². The van der Waals surface area contributed by atoms with Crippen molar-refractivity contribution >= 4 is 17.5 Å². The average Bonchev–Trinajstić information content (AvgIpc) is 3.21. The second-order valence-electron chi connectivity index (χ2n) is 9.61. The van der Waals surface area contributed by atoms with Gasteiger partial charge in [0.2, 0.25) is 0 Å². The number of alkyl halides is 2. The predicted molar refractivity (Wildman–Crippen MR) is 124 cm³/mol. The van der Waals surface area contributed by atoms with Crippen molar-refractivity contribution in [1.29, 1.82) is 0 Å². The Morgan fingerprint density at radius 1 is 1.12 bits per heavy atom. The number of fused-ring (bicyclic) bond motifs is 2. The van der Waals surface area contributed by atoms with Crippen LogP contribution >= 0.6 is 0 Å². The Morgan fingerprint density at radius 2 is 1.91 bits per heavy atom. The van der Waals surface area contributed by atoms with Crippen LogP contribution in [0.4, 0.5) is 25.1 Å². The molecule has 3 heterocycles. The number of carbonyl (C=O) groups excluding carboxylic acids is 1. The van der Waals surface area contributed by atoms with E-state index in [4.69, 9.17) is 5.10 Å². The van der Waals surface area contributed by atoms with Gasteiger partial charge in [-0.15, -0.1) is 0 Å². The van der Waals surface area contributed by atoms with Gasteiger partial charge in [0.15, 0.2) is 5.82 Å². The maximum absolute atomic E-state index is 13.7. The number of nitrogens with zero attached hydrogens (tertiary/aromatic N) is 4. The van der Waals surface area contributed by atoms with Crippen LogP contribution in [0.2, 0.25) is 0 Å². The summed E-state index contributed by atoms with van der Waals surface area (Å²) in [5.74, 6) is 0.842. The molecule has 1 aromatic heterocycles. The molecular formula is C25H33F2N5O. The van der Waals surface area contributed by atoms with Crippen molar-refractivity contribution in [3.8, 4) is 0 Å². The molecule has 0 saturated heterocycles. The monoisotopic (exact) mass is 457 g/mol. The van der Waals surface area contributed by atoms with Gasteiger partial charge in [-0.05, 0) is 49.8 Å². The van der Waals surface area contributed by atoms with Gasteiger partial charge in [0.05, 0.1) is 12.6 Å². The molecule has 1 aliphatic carbocycles. The van der Waals surface area contributed by atoms with Crippen LogP contribution in [-0.4, -0.2) is 40.8 Å². The minimum Gasteiger partial charge on any atom is -0.341 e. The Bertz CT molecular complexity index is 1040. The fourth-order valence-electron chi connectivity index (χ4n) is 5.83. The van der Waals surface area contributed by atoms with Crippen LogP contribution in [0, 0.1) is 6.92 Å². The number of hydrogen-bond acceptors (Lipinski definition) is 3. The molecule has 1 saturated carbocycles. The maximum Gasteiger partial charge on any atom is 0.317 e. The van der Waals surface area contributed by atoms with E-state index in [1.165, 1.54) is 25.0 Å². The Labute approximate surface area is 193 Å². The second kappa shape index (κ2) is 8.95. The largest absolute Gasteiger partial charge is 0.341 e. The van der Waals surface area contributed by atoms with Gasteiger partial charge in [-0.25, -0.2) is 13.6 Å². The van der Waals surface area contributed by atoms with Gasteiger partial charge in [0.25, 0.3) is 6.43 Å². The van der Waals surface area contributed by atoms with E-state index in [1.807, 2.05) is 11.0 Å². The molecule has 6 nitrogen and oxygen atoms in total. The molecule has 5 rings (SSSR count). The first-order valence-electron chi connectivity index (χ1n) is 12.2. The molecule has 0 unspecified atom stereocenters. The Balaban J connectivity index is 1.61. The van der Waals surface area contributed by atoms with E-state index >= 15 is 0 Å². The number of benzene rings is 1. The smallest absolute Gasteiger partial charge is 0.317 e. The summed E-state index contributed by atoms with van der Waals surface area (Å²) in [4.78, 5) is 16.4. The van der Waals surface area contributed by atoms with Crippen molar-refractivity contribution in [1.82, 2.24) is 20.0 Å². The van der Waals surface area contributed by atoms with Crippen molar-refractivity contribution in [3.63, 3.8) is 0 Å². The summed E-state index contributed by atoms with van der Waals surface area (Å²) in [7, 11) is 1.65. The van der Waals surface area contributed by atoms with E-state index in [9.17, 15) is 13.6 Å². The van der Waals surface area contributed by atoms with Crippen molar-refractivity contribution in [3.05, 3.63) is 40.1 Å². The minimum absolute atomic E-state index is 0.0909. The van der Waals surface area contributed by atoms with Crippen LogP contribution in [0.25, 0.3) is 0 Å². The lowest BCUT2D eigenvalue weighted by atomic mass is 9.94. The number of aryl methyl sites for hydroxylation is 2. The first-order chi connectivity index (χ1) is 16.0. The first kappa shape index (κ1) is 22.2. The summed E-state index contributed by atoms with van der Waals surface area (Å²) >= 11 is 0. The molecule has 0 spiro atoms. The molecule has 0 atom stereocenters. The number of halogens is 2. The van der Waals surface area contributed by atoms with Crippen LogP contribution in [0.5, 0.6) is 0 Å². The van der Waals surface area contributed by atoms with Gasteiger partial charge in [-0.2, -0.15) is 5.10 Å². The second-order valence-corrected chi connectivity index (χ2v) is 9.61. The molecule has 0 radical (unpaired) electrons. The zero-order valence-corrected chi connectivity index (χ0v) is 19.5. The Kier molecular flexibility index (Phi) is 6.01. The molecular weight excluding hydrogens is 424 g/mol. The van der Waals surface area contributed by atoms with E-state index in [1.54, 1.807) is 20.0 Å². The first-order valence-corrected chi connectivity index (χ1v) is 12.2. The van der Waals surface area contributed by atoms with Gasteiger partial charge < -0.3 is 15.1 Å². The van der Waals surface area contributed by atoms with Gasteiger partial charge in [0.1, 0.15) is 0 Å². The fraction of sp³-hybridized carbons (Fsp3) is 0.600. The average molecular weight is 458 g/mol. The number of nitrogens with one attached hydrogen (secondary N) is 1. The van der Waals surface area contributed by atoms with Crippen molar-refractivity contribution in [2.45, 2.75) is 77.3 Å². The summed E-state index contributed by atoms with van der Waals surface area (Å²) in [6, 6.07) is 3.88. The van der Waals surface area contributed by atoms with E-state index in [2.05, 4.69) is 14.9 Å². The molecule has 8 heteroatoms. The number of amides is 2. The predicted octanol–water partition coefficient (Wildman–Crippen LogP) is 5.42. The number of rotatable bonds is 3. The van der Waals surface area contributed by atoms with Crippen LogP contribution in [0.3, 0.4) is 0 Å². The van der Waals surface area contributed by atoms with E-state index < -0.39 is 6.43 Å². The molecule has 3 aliphatic rings. The highest BCUT2D eigenvalue weighted by Crippen LogP contribution is 2.42. The maximum atomic E-state index is 13.7. The lowest BCUT2D eigenvalue weighted by Gasteiger charge is -2.33. The van der Waals surface area contributed by atoms with E-state index in [0.29, 0.717) is 24.7 Å². The summed E-state index contributed by atoms with van der Waals surface area (Å²) in [5.41, 5.74) is 4.96. The lowest BCUT2D eigenvalue weighted by Crippen LogP contribution is -2.42. The van der Waals surface area contributed by atoms with Gasteiger partial charge in [-0.3, -0.25) is 4.68 Å². The summed E-state index contributed by atoms with van der Waals surface area (Å²) in [6.45, 7) is 3.67. The molecule has 1 aromatic carbocycles. The number of urea groups is 1. The van der Waals surface area contributed by atoms with Gasteiger partial charge in [-0.1, -0.05) is 25.3 Å². The highest BCUT2D eigenvalue weighted by atomic mass is 19.3. The van der Waals surface area contributed by atoms with E-state index in [0.717, 1.165) is 61.3 Å². The number of hydrogen-bond donors (Lipinski definition) is 1. The summed E-state index contributed by atoms with van der Waals surface area (Å²) in [5, 5.41) is 7.89. The van der Waals surface area contributed by atoms with E-state index in [-0.39, 0.29) is 11.6 Å². The standard InChI is InChI=1S/C25H33F2N5O/c1-16-13-17-7-6-11-31(22(17)14-19(16)23(26)27)24-20-15-30(25(33)28-2)12-10-21(20)32(29-24)18-8-4-3-5-9-18/h13-14,18,23H,3-12,15H2,1-2H3,(H,28,33). The fourth-order valence-corrected chi connectivity index (χ4v) is 5.83. The molecule has 1 N–H and O–H groups in total. The molecule has 1 fully saturated rings. The molecule has 178 valence electrons. The summed E-state index contributed by atoms with van der Waals surface area (Å²) < 4.78 is 29.7. The molecule has 0 bridgehead atoms. The Morgan fingerprint density at radius 3 is 2.64 bits per heavy atom. The van der Waals surface area contributed by atoms with Crippen LogP contribution in [0.15, 0.2) is 12.1 Å².